The molecule has 3 heteroatoms. The number of nitrogens with zero attached hydrogens (tertiary/aromatic N) is 1. The number of para-hydroxylation sites is 2. The Kier molecular flexibility index (Phi) is 6.48. The Labute approximate surface area is 152 Å². The van der Waals surface area contributed by atoms with Crippen molar-refractivity contribution in [3.63, 3.8) is 0 Å². The summed E-state index contributed by atoms with van der Waals surface area (Å²) in [5.74, 6) is 2.53. The second-order valence-electron chi connectivity index (χ2n) is 7.33. The van der Waals surface area contributed by atoms with Gasteiger partial charge < -0.3 is 10.1 Å². The fourth-order valence-electron chi connectivity index (χ4n) is 3.55. The molecular formula is C22H30N2O. The molecule has 3 rings (SSSR count). The molecule has 2 aromatic carbocycles. The van der Waals surface area contributed by atoms with Crippen LogP contribution in [0.5, 0.6) is 11.5 Å². The van der Waals surface area contributed by atoms with E-state index in [1.807, 2.05) is 30.3 Å². The molecule has 0 unspecified atom stereocenters. The van der Waals surface area contributed by atoms with Crippen molar-refractivity contribution in [3.8, 4) is 11.5 Å². The van der Waals surface area contributed by atoms with Crippen molar-refractivity contribution >= 4 is 0 Å². The molecule has 0 saturated carbocycles. The van der Waals surface area contributed by atoms with Crippen LogP contribution in [-0.2, 0) is 6.54 Å². The minimum absolute atomic E-state index is 0.661. The van der Waals surface area contributed by atoms with Gasteiger partial charge >= 0.3 is 0 Å². The molecule has 0 spiro atoms. The molecule has 1 aliphatic heterocycles. The lowest BCUT2D eigenvalue weighted by molar-refractivity contribution is 0.136. The summed E-state index contributed by atoms with van der Waals surface area (Å²) in [5, 5.41) is 3.48. The largest absolute Gasteiger partial charge is 0.457 e. The third-order valence-electron chi connectivity index (χ3n) is 4.74. The summed E-state index contributed by atoms with van der Waals surface area (Å²) in [7, 11) is 0. The lowest BCUT2D eigenvalue weighted by Crippen LogP contribution is -2.44. The van der Waals surface area contributed by atoms with Crippen molar-refractivity contribution in [1.29, 1.82) is 0 Å². The van der Waals surface area contributed by atoms with E-state index in [-0.39, 0.29) is 0 Å². The molecule has 1 fully saturated rings. The van der Waals surface area contributed by atoms with Crippen molar-refractivity contribution < 1.29 is 4.74 Å². The molecule has 1 N–H and O–H groups in total. The molecule has 2 aromatic rings. The second-order valence-corrected chi connectivity index (χ2v) is 7.33. The maximum Gasteiger partial charge on any atom is 0.131 e. The Morgan fingerprint density at radius 1 is 1.00 bits per heavy atom. The quantitative estimate of drug-likeness (QED) is 0.793. The highest BCUT2D eigenvalue weighted by atomic mass is 16.5. The molecule has 0 amide bonds. The van der Waals surface area contributed by atoms with Gasteiger partial charge in [-0.05, 0) is 50.0 Å². The zero-order chi connectivity index (χ0) is 17.5. The molecule has 25 heavy (non-hydrogen) atoms. The number of hydrogen-bond acceptors (Lipinski definition) is 3. The third-order valence-corrected chi connectivity index (χ3v) is 4.74. The topological polar surface area (TPSA) is 24.5 Å². The van der Waals surface area contributed by atoms with Gasteiger partial charge in [-0.25, -0.2) is 0 Å². The van der Waals surface area contributed by atoms with Crippen LogP contribution in [0.3, 0.4) is 0 Å². The Bertz CT molecular complexity index is 635. The minimum Gasteiger partial charge on any atom is -0.457 e. The van der Waals surface area contributed by atoms with E-state index in [4.69, 9.17) is 4.74 Å². The van der Waals surface area contributed by atoms with Crippen molar-refractivity contribution in [2.75, 3.05) is 19.6 Å². The minimum atomic E-state index is 0.661. The Morgan fingerprint density at radius 2 is 1.68 bits per heavy atom. The average molecular weight is 338 g/mol. The van der Waals surface area contributed by atoms with Crippen LogP contribution < -0.4 is 10.1 Å². The molecule has 1 heterocycles. The van der Waals surface area contributed by atoms with Crippen LogP contribution in [-0.4, -0.2) is 30.6 Å². The molecule has 1 saturated heterocycles. The molecule has 0 bridgehead atoms. The fourth-order valence-corrected chi connectivity index (χ4v) is 3.55. The fraction of sp³-hybridized carbons (Fsp3) is 0.455. The van der Waals surface area contributed by atoms with Gasteiger partial charge in [-0.15, -0.1) is 0 Å². The zero-order valence-corrected chi connectivity index (χ0v) is 15.4. The van der Waals surface area contributed by atoms with Gasteiger partial charge in [0.15, 0.2) is 0 Å². The average Bonchev–Trinajstić information content (AvgIpc) is 2.64. The Hall–Kier alpha value is -1.84. The number of benzene rings is 2. The van der Waals surface area contributed by atoms with Crippen LogP contribution in [0, 0.1) is 5.92 Å². The first-order valence-corrected chi connectivity index (χ1v) is 9.48. The maximum atomic E-state index is 6.16. The van der Waals surface area contributed by atoms with Crippen LogP contribution in [0.4, 0.5) is 0 Å². The van der Waals surface area contributed by atoms with Gasteiger partial charge in [0.1, 0.15) is 11.5 Å². The number of hydrogen-bond donors (Lipinski definition) is 1. The standard InChI is InChI=1S/C22H30N2O/c1-18(2)16-24(20-12-14-23-15-13-20)17-19-8-6-7-11-22(19)25-21-9-4-3-5-10-21/h3-11,18,20,23H,12-17H2,1-2H3. The lowest BCUT2D eigenvalue weighted by atomic mass is 10.0. The van der Waals surface area contributed by atoms with Crippen LogP contribution in [0.1, 0.15) is 32.3 Å². The molecule has 0 aromatic heterocycles. The van der Waals surface area contributed by atoms with Crippen molar-refractivity contribution in [1.82, 2.24) is 10.2 Å². The maximum absolute atomic E-state index is 6.16. The van der Waals surface area contributed by atoms with Crippen LogP contribution in [0.15, 0.2) is 54.6 Å². The first-order chi connectivity index (χ1) is 12.2. The van der Waals surface area contributed by atoms with E-state index in [0.29, 0.717) is 12.0 Å². The molecular weight excluding hydrogens is 308 g/mol. The molecule has 0 radical (unpaired) electrons. The SMILES string of the molecule is CC(C)CN(Cc1ccccc1Oc1ccccc1)C1CCNCC1. The van der Waals surface area contributed by atoms with Gasteiger partial charge in [0.05, 0.1) is 0 Å². The summed E-state index contributed by atoms with van der Waals surface area (Å²) in [4.78, 5) is 2.65. The van der Waals surface area contributed by atoms with Gasteiger partial charge in [0.25, 0.3) is 0 Å². The highest BCUT2D eigenvalue weighted by Crippen LogP contribution is 2.27. The van der Waals surface area contributed by atoms with Gasteiger partial charge in [-0.3, -0.25) is 4.90 Å². The molecule has 3 nitrogen and oxygen atoms in total. The van der Waals surface area contributed by atoms with Crippen LogP contribution in [0.2, 0.25) is 0 Å². The summed E-state index contributed by atoms with van der Waals surface area (Å²) in [5.41, 5.74) is 1.27. The molecule has 0 atom stereocenters. The van der Waals surface area contributed by atoms with E-state index in [2.05, 4.69) is 48.3 Å². The third kappa shape index (κ3) is 5.32. The second kappa shape index (κ2) is 9.02. The lowest BCUT2D eigenvalue weighted by Gasteiger charge is -2.36. The molecule has 1 aliphatic rings. The predicted octanol–water partition coefficient (Wildman–Crippen LogP) is 4.69. The summed E-state index contributed by atoms with van der Waals surface area (Å²) in [6.45, 7) is 8.94. The summed E-state index contributed by atoms with van der Waals surface area (Å²) >= 11 is 0. The highest BCUT2D eigenvalue weighted by molar-refractivity contribution is 5.37. The van der Waals surface area contributed by atoms with E-state index in [1.54, 1.807) is 0 Å². The van der Waals surface area contributed by atoms with Gasteiger partial charge in [0, 0.05) is 24.7 Å². The van der Waals surface area contributed by atoms with Gasteiger partial charge in [-0.2, -0.15) is 0 Å². The van der Waals surface area contributed by atoms with E-state index >= 15 is 0 Å². The monoisotopic (exact) mass is 338 g/mol. The molecule has 134 valence electrons. The summed E-state index contributed by atoms with van der Waals surface area (Å²) in [6, 6.07) is 19.2. The zero-order valence-electron chi connectivity index (χ0n) is 15.4. The van der Waals surface area contributed by atoms with Crippen molar-refractivity contribution in [2.45, 2.75) is 39.3 Å². The summed E-state index contributed by atoms with van der Waals surface area (Å²) < 4.78 is 6.16. The van der Waals surface area contributed by atoms with Crippen LogP contribution in [0.25, 0.3) is 0 Å². The Balaban J connectivity index is 1.76. The highest BCUT2D eigenvalue weighted by Gasteiger charge is 2.22. The van der Waals surface area contributed by atoms with Crippen LogP contribution >= 0.6 is 0 Å². The summed E-state index contributed by atoms with van der Waals surface area (Å²) in [6.07, 6.45) is 2.46. The van der Waals surface area contributed by atoms with E-state index in [9.17, 15) is 0 Å². The van der Waals surface area contributed by atoms with E-state index < -0.39 is 0 Å². The van der Waals surface area contributed by atoms with Crippen molar-refractivity contribution in [2.24, 2.45) is 5.92 Å². The normalized spacial score (nSPS) is 15.7. The smallest absolute Gasteiger partial charge is 0.131 e. The predicted molar refractivity (Wildman–Crippen MR) is 104 cm³/mol. The van der Waals surface area contributed by atoms with Crippen molar-refractivity contribution in [3.05, 3.63) is 60.2 Å². The first kappa shape index (κ1) is 18.0. The van der Waals surface area contributed by atoms with Gasteiger partial charge in [0.2, 0.25) is 0 Å². The number of nitrogens with one attached hydrogen (secondary N) is 1. The number of piperidine rings is 1. The number of ether oxygens (including phenoxy) is 1. The number of rotatable bonds is 7. The Morgan fingerprint density at radius 3 is 2.40 bits per heavy atom. The van der Waals surface area contributed by atoms with Gasteiger partial charge in [-0.1, -0.05) is 50.2 Å². The van der Waals surface area contributed by atoms with E-state index in [1.165, 1.54) is 18.4 Å². The first-order valence-electron chi connectivity index (χ1n) is 9.48. The molecule has 0 aliphatic carbocycles. The van der Waals surface area contributed by atoms with E-state index in [0.717, 1.165) is 37.7 Å².